The molecular weight excluding hydrogens is 392 g/mol. The molecule has 3 aromatic rings. The SMILES string of the molecule is Cc1ccc(CN2C(=O)CSc3ccc(C(=O)N[C@@H](C)c4ccccc4)cc32)cc1. The summed E-state index contributed by atoms with van der Waals surface area (Å²) >= 11 is 1.52. The van der Waals surface area contributed by atoms with Gasteiger partial charge in [-0.2, -0.15) is 0 Å². The summed E-state index contributed by atoms with van der Waals surface area (Å²) in [6, 6.07) is 23.6. The Balaban J connectivity index is 1.57. The number of anilines is 1. The van der Waals surface area contributed by atoms with Crippen LogP contribution >= 0.6 is 11.8 Å². The van der Waals surface area contributed by atoms with E-state index in [1.807, 2.05) is 86.6 Å². The second-order valence-corrected chi connectivity index (χ2v) is 8.56. The van der Waals surface area contributed by atoms with Crippen LogP contribution in [0.2, 0.25) is 0 Å². The minimum atomic E-state index is -0.146. The maximum atomic E-state index is 12.9. The molecule has 0 aromatic heterocycles. The lowest BCUT2D eigenvalue weighted by Crippen LogP contribution is -2.35. The highest BCUT2D eigenvalue weighted by Crippen LogP contribution is 2.37. The lowest BCUT2D eigenvalue weighted by molar-refractivity contribution is -0.116. The molecule has 2 amide bonds. The zero-order valence-electron chi connectivity index (χ0n) is 17.1. The molecule has 30 heavy (non-hydrogen) atoms. The van der Waals surface area contributed by atoms with Crippen molar-refractivity contribution >= 4 is 29.3 Å². The average molecular weight is 417 g/mol. The lowest BCUT2D eigenvalue weighted by atomic mass is 10.1. The van der Waals surface area contributed by atoms with E-state index >= 15 is 0 Å². The number of thioether (sulfide) groups is 1. The van der Waals surface area contributed by atoms with Crippen molar-refractivity contribution < 1.29 is 9.59 Å². The number of fused-ring (bicyclic) bond motifs is 1. The van der Waals surface area contributed by atoms with E-state index in [0.717, 1.165) is 21.7 Å². The predicted molar refractivity (Wildman–Crippen MR) is 122 cm³/mol. The van der Waals surface area contributed by atoms with Crippen LogP contribution in [0.3, 0.4) is 0 Å². The summed E-state index contributed by atoms with van der Waals surface area (Å²) in [5.74, 6) is 0.325. The molecule has 4 nitrogen and oxygen atoms in total. The minimum absolute atomic E-state index is 0.0586. The van der Waals surface area contributed by atoms with Crippen LogP contribution in [0.4, 0.5) is 5.69 Å². The van der Waals surface area contributed by atoms with Crippen molar-refractivity contribution in [2.24, 2.45) is 0 Å². The van der Waals surface area contributed by atoms with Gasteiger partial charge in [0.05, 0.1) is 24.0 Å². The largest absolute Gasteiger partial charge is 0.346 e. The Morgan fingerprint density at radius 3 is 2.53 bits per heavy atom. The van der Waals surface area contributed by atoms with Crippen LogP contribution in [0, 0.1) is 6.92 Å². The monoisotopic (exact) mass is 416 g/mol. The molecule has 0 aliphatic carbocycles. The van der Waals surface area contributed by atoms with Crippen LogP contribution < -0.4 is 10.2 Å². The molecule has 4 rings (SSSR count). The van der Waals surface area contributed by atoms with E-state index in [-0.39, 0.29) is 17.9 Å². The molecule has 1 aliphatic heterocycles. The third-order valence-corrected chi connectivity index (χ3v) is 6.32. The Morgan fingerprint density at radius 1 is 1.07 bits per heavy atom. The first-order valence-corrected chi connectivity index (χ1v) is 11.0. The van der Waals surface area contributed by atoms with Crippen LogP contribution in [0.1, 0.15) is 40.0 Å². The van der Waals surface area contributed by atoms with E-state index in [1.165, 1.54) is 17.3 Å². The number of carbonyl (C=O) groups is 2. The van der Waals surface area contributed by atoms with E-state index < -0.39 is 0 Å². The van der Waals surface area contributed by atoms with Gasteiger partial charge in [-0.25, -0.2) is 0 Å². The molecule has 152 valence electrons. The van der Waals surface area contributed by atoms with Crippen molar-refractivity contribution in [3.05, 3.63) is 95.1 Å². The van der Waals surface area contributed by atoms with Crippen molar-refractivity contribution in [3.63, 3.8) is 0 Å². The highest BCUT2D eigenvalue weighted by Gasteiger charge is 2.26. The van der Waals surface area contributed by atoms with Crippen LogP contribution in [0.15, 0.2) is 77.7 Å². The molecule has 5 heteroatoms. The molecule has 0 spiro atoms. The number of rotatable bonds is 5. The van der Waals surface area contributed by atoms with E-state index in [2.05, 4.69) is 5.32 Å². The number of hydrogen-bond donors (Lipinski definition) is 1. The third-order valence-electron chi connectivity index (χ3n) is 5.27. The quantitative estimate of drug-likeness (QED) is 0.628. The summed E-state index contributed by atoms with van der Waals surface area (Å²) in [4.78, 5) is 28.4. The normalized spacial score (nSPS) is 14.2. The van der Waals surface area contributed by atoms with Crippen molar-refractivity contribution in [3.8, 4) is 0 Å². The Hall–Kier alpha value is -3.05. The second-order valence-electron chi connectivity index (χ2n) is 7.54. The van der Waals surface area contributed by atoms with Crippen molar-refractivity contribution in [2.45, 2.75) is 31.3 Å². The molecular formula is C25H24N2O2S. The van der Waals surface area contributed by atoms with Gasteiger partial charge >= 0.3 is 0 Å². The number of hydrogen-bond acceptors (Lipinski definition) is 3. The molecule has 1 atom stereocenters. The predicted octanol–water partition coefficient (Wildman–Crippen LogP) is 5.12. The first-order valence-electron chi connectivity index (χ1n) is 10.00. The summed E-state index contributed by atoms with van der Waals surface area (Å²) in [6.45, 7) is 4.51. The summed E-state index contributed by atoms with van der Waals surface area (Å²) in [5, 5.41) is 3.05. The van der Waals surface area contributed by atoms with Gasteiger partial charge in [-0.3, -0.25) is 9.59 Å². The maximum Gasteiger partial charge on any atom is 0.251 e. The molecule has 3 aromatic carbocycles. The topological polar surface area (TPSA) is 49.4 Å². The van der Waals surface area contributed by atoms with Crippen LogP contribution in [0.25, 0.3) is 0 Å². The first kappa shape index (κ1) is 20.2. The number of amides is 2. The molecule has 0 saturated carbocycles. The number of aryl methyl sites for hydroxylation is 1. The van der Waals surface area contributed by atoms with Crippen molar-refractivity contribution in [2.75, 3.05) is 10.7 Å². The molecule has 1 heterocycles. The van der Waals surface area contributed by atoms with Gasteiger partial charge in [0.2, 0.25) is 5.91 Å². The fraction of sp³-hybridized carbons (Fsp3) is 0.200. The second kappa shape index (κ2) is 8.76. The molecule has 0 bridgehead atoms. The summed E-state index contributed by atoms with van der Waals surface area (Å²) in [6.07, 6.45) is 0. The molecule has 1 N–H and O–H groups in total. The van der Waals surface area contributed by atoms with Crippen LogP contribution in [-0.4, -0.2) is 17.6 Å². The van der Waals surface area contributed by atoms with Gasteiger partial charge in [0.1, 0.15) is 0 Å². The van der Waals surface area contributed by atoms with E-state index in [1.54, 1.807) is 4.90 Å². The van der Waals surface area contributed by atoms with Gasteiger partial charge < -0.3 is 10.2 Å². The van der Waals surface area contributed by atoms with Gasteiger partial charge in [0.15, 0.2) is 0 Å². The standard InChI is InChI=1S/C25H24N2O2S/c1-17-8-10-19(11-9-17)15-27-22-14-21(12-13-23(22)30-16-24(27)28)25(29)26-18(2)20-6-4-3-5-7-20/h3-14,18H,15-16H2,1-2H3,(H,26,29)/t18-/m0/s1. The highest BCUT2D eigenvalue weighted by atomic mass is 32.2. The van der Waals surface area contributed by atoms with E-state index in [0.29, 0.717) is 17.9 Å². The first-order chi connectivity index (χ1) is 14.5. The number of benzene rings is 3. The van der Waals surface area contributed by atoms with Crippen LogP contribution in [0.5, 0.6) is 0 Å². The molecule has 0 saturated heterocycles. The third kappa shape index (κ3) is 4.41. The zero-order chi connectivity index (χ0) is 21.1. The Kier molecular flexibility index (Phi) is 5.91. The maximum absolute atomic E-state index is 12.9. The number of nitrogens with one attached hydrogen (secondary N) is 1. The lowest BCUT2D eigenvalue weighted by Gasteiger charge is -2.29. The van der Waals surface area contributed by atoms with E-state index in [4.69, 9.17) is 0 Å². The highest BCUT2D eigenvalue weighted by molar-refractivity contribution is 8.00. The Labute approximate surface area is 181 Å². The molecule has 0 unspecified atom stereocenters. The molecule has 0 fully saturated rings. The van der Waals surface area contributed by atoms with Gasteiger partial charge in [-0.1, -0.05) is 60.2 Å². The van der Waals surface area contributed by atoms with Gasteiger partial charge in [0.25, 0.3) is 5.91 Å². The smallest absolute Gasteiger partial charge is 0.251 e. The van der Waals surface area contributed by atoms with Crippen LogP contribution in [-0.2, 0) is 11.3 Å². The summed E-state index contributed by atoms with van der Waals surface area (Å²) in [5.41, 5.74) is 4.67. The van der Waals surface area contributed by atoms with E-state index in [9.17, 15) is 9.59 Å². The number of carbonyl (C=O) groups excluding carboxylic acids is 2. The fourth-order valence-electron chi connectivity index (χ4n) is 3.50. The molecule has 0 radical (unpaired) electrons. The van der Waals surface area contributed by atoms with Gasteiger partial charge in [-0.05, 0) is 43.2 Å². The minimum Gasteiger partial charge on any atom is -0.346 e. The number of nitrogens with zero attached hydrogens (tertiary/aromatic N) is 1. The van der Waals surface area contributed by atoms with Crippen molar-refractivity contribution in [1.82, 2.24) is 5.32 Å². The Morgan fingerprint density at radius 2 is 1.80 bits per heavy atom. The van der Waals surface area contributed by atoms with Gasteiger partial charge in [-0.15, -0.1) is 11.8 Å². The summed E-state index contributed by atoms with van der Waals surface area (Å²) < 4.78 is 0. The zero-order valence-corrected chi connectivity index (χ0v) is 17.9. The summed E-state index contributed by atoms with van der Waals surface area (Å²) in [7, 11) is 0. The average Bonchev–Trinajstić information content (AvgIpc) is 2.77. The van der Waals surface area contributed by atoms with Gasteiger partial charge in [0, 0.05) is 10.5 Å². The van der Waals surface area contributed by atoms with Crippen molar-refractivity contribution in [1.29, 1.82) is 0 Å². The Bertz CT molecular complexity index is 1060. The fourth-order valence-corrected chi connectivity index (χ4v) is 4.41. The molecule has 1 aliphatic rings.